The van der Waals surface area contributed by atoms with Crippen molar-refractivity contribution < 1.29 is 9.47 Å². The Morgan fingerprint density at radius 2 is 1.83 bits per heavy atom. The van der Waals surface area contributed by atoms with Gasteiger partial charge in [0.05, 0.1) is 30.6 Å². The number of pyridine rings is 1. The van der Waals surface area contributed by atoms with Crippen molar-refractivity contribution in [2.75, 3.05) is 32.6 Å². The third kappa shape index (κ3) is 4.47. The maximum absolute atomic E-state index is 6.32. The van der Waals surface area contributed by atoms with Gasteiger partial charge in [0.25, 0.3) is 0 Å². The molecule has 0 bridgehead atoms. The van der Waals surface area contributed by atoms with Gasteiger partial charge in [0, 0.05) is 35.4 Å². The zero-order valence-electron chi connectivity index (χ0n) is 16.4. The van der Waals surface area contributed by atoms with Crippen molar-refractivity contribution in [2.45, 2.75) is 19.4 Å². The van der Waals surface area contributed by atoms with E-state index in [1.165, 1.54) is 17.7 Å². The Balaban J connectivity index is 1.67. The molecule has 0 aliphatic carbocycles. The molecule has 1 aliphatic rings. The normalized spacial score (nSPS) is 14.2. The van der Waals surface area contributed by atoms with Gasteiger partial charge in [-0.25, -0.2) is 4.98 Å². The summed E-state index contributed by atoms with van der Waals surface area (Å²) >= 11 is 7.98. The summed E-state index contributed by atoms with van der Waals surface area (Å²) in [4.78, 5) is 12.7. The molecule has 3 aromatic rings. The van der Waals surface area contributed by atoms with Crippen LogP contribution in [0.25, 0.3) is 11.3 Å². The fourth-order valence-corrected chi connectivity index (χ4v) is 4.74. The number of rotatable bonds is 7. The van der Waals surface area contributed by atoms with Crippen LogP contribution in [0.3, 0.4) is 0 Å². The SMILES string of the molecule is COc1cc(OC)c(Nc2nc(-c3ccncc3)c(CN3CCCC3)s2)cc1Cl. The van der Waals surface area contributed by atoms with Crippen molar-refractivity contribution in [1.82, 2.24) is 14.9 Å². The van der Waals surface area contributed by atoms with Gasteiger partial charge < -0.3 is 14.8 Å². The minimum atomic E-state index is 0.513. The Morgan fingerprint density at radius 3 is 2.52 bits per heavy atom. The molecule has 6 nitrogen and oxygen atoms in total. The number of hydrogen-bond donors (Lipinski definition) is 1. The lowest BCUT2D eigenvalue weighted by atomic mass is 10.2. The van der Waals surface area contributed by atoms with Crippen LogP contribution in [0, 0.1) is 0 Å². The third-order valence-electron chi connectivity index (χ3n) is 4.93. The van der Waals surface area contributed by atoms with Gasteiger partial charge in [-0.2, -0.15) is 0 Å². The summed E-state index contributed by atoms with van der Waals surface area (Å²) in [6, 6.07) is 7.56. The van der Waals surface area contributed by atoms with Crippen LogP contribution in [0.4, 0.5) is 10.8 Å². The molecule has 0 amide bonds. The Hall–Kier alpha value is -2.35. The minimum Gasteiger partial charge on any atom is -0.495 e. The van der Waals surface area contributed by atoms with Crippen LogP contribution < -0.4 is 14.8 Å². The number of hydrogen-bond acceptors (Lipinski definition) is 7. The molecular formula is C21H23ClN4O2S. The van der Waals surface area contributed by atoms with E-state index in [4.69, 9.17) is 26.1 Å². The smallest absolute Gasteiger partial charge is 0.188 e. The predicted octanol–water partition coefficient (Wildman–Crippen LogP) is 5.22. The maximum Gasteiger partial charge on any atom is 0.188 e. The summed E-state index contributed by atoms with van der Waals surface area (Å²) in [5.74, 6) is 1.22. The average molecular weight is 431 g/mol. The molecular weight excluding hydrogens is 408 g/mol. The van der Waals surface area contributed by atoms with E-state index in [1.54, 1.807) is 50.1 Å². The highest BCUT2D eigenvalue weighted by Gasteiger charge is 2.20. The lowest BCUT2D eigenvalue weighted by molar-refractivity contribution is 0.334. The lowest BCUT2D eigenvalue weighted by Crippen LogP contribution is -2.18. The number of aromatic nitrogens is 2. The Morgan fingerprint density at radius 1 is 1.10 bits per heavy atom. The molecule has 29 heavy (non-hydrogen) atoms. The summed E-state index contributed by atoms with van der Waals surface area (Å²) in [6.07, 6.45) is 6.12. The van der Waals surface area contributed by atoms with E-state index in [0.717, 1.165) is 41.7 Å². The summed E-state index contributed by atoms with van der Waals surface area (Å²) in [7, 11) is 3.21. The number of nitrogens with zero attached hydrogens (tertiary/aromatic N) is 3. The van der Waals surface area contributed by atoms with Crippen molar-refractivity contribution in [3.05, 3.63) is 46.6 Å². The number of anilines is 2. The second kappa shape index (κ2) is 8.98. The zero-order chi connectivity index (χ0) is 20.2. The molecule has 4 rings (SSSR count). The monoisotopic (exact) mass is 430 g/mol. The summed E-state index contributed by atoms with van der Waals surface area (Å²) in [5, 5.41) is 4.69. The highest BCUT2D eigenvalue weighted by molar-refractivity contribution is 7.16. The van der Waals surface area contributed by atoms with Gasteiger partial charge in [0.15, 0.2) is 5.13 Å². The number of nitrogens with one attached hydrogen (secondary N) is 1. The van der Waals surface area contributed by atoms with E-state index in [9.17, 15) is 0 Å². The van der Waals surface area contributed by atoms with Gasteiger partial charge in [0.1, 0.15) is 11.5 Å². The second-order valence-corrected chi connectivity index (χ2v) is 8.31. The minimum absolute atomic E-state index is 0.513. The topological polar surface area (TPSA) is 59.5 Å². The summed E-state index contributed by atoms with van der Waals surface area (Å²) < 4.78 is 10.8. The van der Waals surface area contributed by atoms with Gasteiger partial charge in [-0.3, -0.25) is 9.88 Å². The van der Waals surface area contributed by atoms with Crippen molar-refractivity contribution in [3.63, 3.8) is 0 Å². The van der Waals surface area contributed by atoms with Gasteiger partial charge in [-0.15, -0.1) is 0 Å². The number of thiazole rings is 1. The molecule has 8 heteroatoms. The first kappa shape index (κ1) is 19.9. The maximum atomic E-state index is 6.32. The van der Waals surface area contributed by atoms with Crippen LogP contribution in [-0.4, -0.2) is 42.2 Å². The molecule has 0 unspecified atom stereocenters. The standard InChI is InChI=1S/C21H23ClN4O2S/c1-27-17-12-18(28-2)16(11-15(17)22)24-21-25-20(14-5-7-23-8-6-14)19(29-21)13-26-9-3-4-10-26/h5-8,11-12H,3-4,9-10,13H2,1-2H3,(H,24,25). The molecule has 0 spiro atoms. The second-order valence-electron chi connectivity index (χ2n) is 6.82. The van der Waals surface area contributed by atoms with E-state index < -0.39 is 0 Å². The van der Waals surface area contributed by atoms with Gasteiger partial charge >= 0.3 is 0 Å². The first-order valence-electron chi connectivity index (χ1n) is 9.49. The Kier molecular flexibility index (Phi) is 6.18. The van der Waals surface area contributed by atoms with Crippen molar-refractivity contribution in [3.8, 4) is 22.8 Å². The molecule has 1 saturated heterocycles. The predicted molar refractivity (Wildman–Crippen MR) is 118 cm³/mol. The fourth-order valence-electron chi connectivity index (χ4n) is 3.46. The largest absolute Gasteiger partial charge is 0.495 e. The summed E-state index contributed by atoms with van der Waals surface area (Å²) in [5.41, 5.74) is 2.81. The van der Waals surface area contributed by atoms with Crippen LogP contribution >= 0.6 is 22.9 Å². The average Bonchev–Trinajstić information content (AvgIpc) is 3.39. The van der Waals surface area contributed by atoms with Crippen LogP contribution in [0.5, 0.6) is 11.5 Å². The van der Waals surface area contributed by atoms with Crippen molar-refractivity contribution >= 4 is 33.8 Å². The number of halogens is 1. The highest BCUT2D eigenvalue weighted by atomic mass is 35.5. The molecule has 1 fully saturated rings. The fraction of sp³-hybridized carbons (Fsp3) is 0.333. The highest BCUT2D eigenvalue weighted by Crippen LogP contribution is 2.40. The molecule has 3 heterocycles. The van der Waals surface area contributed by atoms with Crippen LogP contribution in [-0.2, 0) is 6.54 Å². The van der Waals surface area contributed by atoms with E-state index in [-0.39, 0.29) is 0 Å². The Labute approximate surface area is 179 Å². The number of benzene rings is 1. The molecule has 0 atom stereocenters. The molecule has 1 N–H and O–H groups in total. The van der Waals surface area contributed by atoms with Crippen LogP contribution in [0.15, 0.2) is 36.7 Å². The van der Waals surface area contributed by atoms with Gasteiger partial charge in [0.2, 0.25) is 0 Å². The summed E-state index contributed by atoms with van der Waals surface area (Å²) in [6.45, 7) is 3.17. The van der Waals surface area contributed by atoms with E-state index in [2.05, 4.69) is 15.2 Å². The molecule has 0 saturated carbocycles. The lowest BCUT2D eigenvalue weighted by Gasteiger charge is -2.13. The molecule has 2 aromatic heterocycles. The molecule has 0 radical (unpaired) electrons. The first-order valence-corrected chi connectivity index (χ1v) is 10.7. The van der Waals surface area contributed by atoms with Crippen molar-refractivity contribution in [1.29, 1.82) is 0 Å². The quantitative estimate of drug-likeness (QED) is 0.554. The van der Waals surface area contributed by atoms with Crippen LogP contribution in [0.1, 0.15) is 17.7 Å². The van der Waals surface area contributed by atoms with Crippen molar-refractivity contribution in [2.24, 2.45) is 0 Å². The number of methoxy groups -OCH3 is 2. The number of likely N-dealkylation sites (tertiary alicyclic amines) is 1. The first-order chi connectivity index (χ1) is 14.2. The molecule has 1 aliphatic heterocycles. The van der Waals surface area contributed by atoms with E-state index in [0.29, 0.717) is 16.5 Å². The Bertz CT molecular complexity index is 974. The molecule has 152 valence electrons. The molecule has 1 aromatic carbocycles. The zero-order valence-corrected chi connectivity index (χ0v) is 18.0. The van der Waals surface area contributed by atoms with Gasteiger partial charge in [-0.1, -0.05) is 22.9 Å². The van der Waals surface area contributed by atoms with Crippen LogP contribution in [0.2, 0.25) is 5.02 Å². The number of ether oxygens (including phenoxy) is 2. The van der Waals surface area contributed by atoms with E-state index >= 15 is 0 Å². The van der Waals surface area contributed by atoms with E-state index in [1.807, 2.05) is 12.1 Å². The van der Waals surface area contributed by atoms with Gasteiger partial charge in [-0.05, 0) is 44.1 Å². The third-order valence-corrected chi connectivity index (χ3v) is 6.18.